The Hall–Kier alpha value is -3.08. The first-order valence-corrected chi connectivity index (χ1v) is 8.91. The summed E-state index contributed by atoms with van der Waals surface area (Å²) in [4.78, 5) is 12.3. The molecule has 0 bridgehead atoms. The SMILES string of the molecule is COc1ccc(-c2coc3c(C)c4oc(=O)c5c(c4cc23)CCC5)cc1F. The van der Waals surface area contributed by atoms with E-state index in [0.717, 1.165) is 52.3 Å². The molecule has 136 valence electrons. The monoisotopic (exact) mass is 364 g/mol. The van der Waals surface area contributed by atoms with Crippen molar-refractivity contribution in [1.82, 2.24) is 0 Å². The van der Waals surface area contributed by atoms with E-state index in [2.05, 4.69) is 0 Å². The van der Waals surface area contributed by atoms with E-state index < -0.39 is 5.82 Å². The minimum Gasteiger partial charge on any atom is -0.494 e. The Bertz CT molecular complexity index is 1280. The molecule has 2 heterocycles. The fraction of sp³-hybridized carbons (Fsp3) is 0.227. The summed E-state index contributed by atoms with van der Waals surface area (Å²) in [6.45, 7) is 1.89. The highest BCUT2D eigenvalue weighted by Crippen LogP contribution is 2.39. The second kappa shape index (κ2) is 5.71. The van der Waals surface area contributed by atoms with Crippen LogP contribution in [0.1, 0.15) is 23.1 Å². The molecule has 4 aromatic rings. The molecule has 5 rings (SSSR count). The molecule has 0 N–H and O–H groups in total. The zero-order chi connectivity index (χ0) is 18.7. The first-order chi connectivity index (χ1) is 13.1. The Morgan fingerprint density at radius 3 is 2.67 bits per heavy atom. The lowest BCUT2D eigenvalue weighted by Crippen LogP contribution is -2.07. The van der Waals surface area contributed by atoms with E-state index in [0.29, 0.717) is 16.7 Å². The first-order valence-electron chi connectivity index (χ1n) is 8.91. The standard InChI is InChI=1S/C22H17FO4/c1-11-20-16(9-15-13-4-3-5-14(13)22(24)27-21(11)15)17(10-26-20)12-6-7-19(25-2)18(23)8-12/h6-10H,3-5H2,1-2H3. The van der Waals surface area contributed by atoms with Crippen LogP contribution >= 0.6 is 0 Å². The third-order valence-corrected chi connectivity index (χ3v) is 5.49. The summed E-state index contributed by atoms with van der Waals surface area (Å²) in [5.74, 6) is -0.221. The zero-order valence-corrected chi connectivity index (χ0v) is 15.0. The molecule has 0 atom stereocenters. The van der Waals surface area contributed by atoms with Gasteiger partial charge in [0.2, 0.25) is 0 Å². The molecule has 0 saturated heterocycles. The van der Waals surface area contributed by atoms with E-state index in [4.69, 9.17) is 13.6 Å². The predicted molar refractivity (Wildman–Crippen MR) is 101 cm³/mol. The molecule has 0 fully saturated rings. The van der Waals surface area contributed by atoms with E-state index in [1.54, 1.807) is 18.4 Å². The highest BCUT2D eigenvalue weighted by molar-refractivity contribution is 6.05. The van der Waals surface area contributed by atoms with Crippen LogP contribution in [0.5, 0.6) is 5.75 Å². The summed E-state index contributed by atoms with van der Waals surface area (Å²) in [7, 11) is 1.44. The maximum atomic E-state index is 14.2. The average Bonchev–Trinajstić information content (AvgIpc) is 3.30. The van der Waals surface area contributed by atoms with Gasteiger partial charge in [-0.1, -0.05) is 6.07 Å². The second-order valence-electron chi connectivity index (χ2n) is 6.95. The quantitative estimate of drug-likeness (QED) is 0.462. The number of rotatable bonds is 2. The third kappa shape index (κ3) is 2.24. The van der Waals surface area contributed by atoms with Gasteiger partial charge >= 0.3 is 5.63 Å². The number of hydrogen-bond donors (Lipinski definition) is 0. The predicted octanol–water partition coefficient (Wildman–Crippen LogP) is 5.15. The van der Waals surface area contributed by atoms with E-state index in [1.165, 1.54) is 13.2 Å². The van der Waals surface area contributed by atoms with Gasteiger partial charge in [-0.05, 0) is 55.5 Å². The van der Waals surface area contributed by atoms with Gasteiger partial charge in [-0.15, -0.1) is 0 Å². The Balaban J connectivity index is 1.83. The van der Waals surface area contributed by atoms with Crippen LogP contribution in [-0.2, 0) is 12.8 Å². The highest BCUT2D eigenvalue weighted by atomic mass is 19.1. The Kier molecular flexibility index (Phi) is 3.41. The van der Waals surface area contributed by atoms with Gasteiger partial charge in [0.05, 0.1) is 13.4 Å². The maximum absolute atomic E-state index is 14.2. The van der Waals surface area contributed by atoms with E-state index >= 15 is 0 Å². The van der Waals surface area contributed by atoms with E-state index in [1.807, 2.05) is 13.0 Å². The van der Waals surface area contributed by atoms with E-state index in [-0.39, 0.29) is 11.4 Å². The topological polar surface area (TPSA) is 52.6 Å². The lowest BCUT2D eigenvalue weighted by atomic mass is 9.98. The molecule has 5 heteroatoms. The second-order valence-corrected chi connectivity index (χ2v) is 6.95. The zero-order valence-electron chi connectivity index (χ0n) is 15.0. The van der Waals surface area contributed by atoms with Crippen LogP contribution in [0.3, 0.4) is 0 Å². The number of hydrogen-bond acceptors (Lipinski definition) is 4. The number of aryl methyl sites for hydroxylation is 2. The van der Waals surface area contributed by atoms with Crippen LogP contribution in [0.25, 0.3) is 33.1 Å². The van der Waals surface area contributed by atoms with Crippen molar-refractivity contribution in [3.63, 3.8) is 0 Å². The summed E-state index contributed by atoms with van der Waals surface area (Å²) < 4.78 is 30.6. The van der Waals surface area contributed by atoms with Crippen molar-refractivity contribution in [1.29, 1.82) is 0 Å². The molecule has 0 saturated carbocycles. The summed E-state index contributed by atoms with van der Waals surface area (Å²) in [5.41, 5.74) is 5.12. The van der Waals surface area contributed by atoms with Crippen molar-refractivity contribution in [2.75, 3.05) is 7.11 Å². The Morgan fingerprint density at radius 2 is 1.89 bits per heavy atom. The first kappa shape index (κ1) is 16.1. The molecule has 0 spiro atoms. The highest BCUT2D eigenvalue weighted by Gasteiger charge is 2.23. The molecule has 2 aromatic carbocycles. The van der Waals surface area contributed by atoms with Crippen LogP contribution in [0.15, 0.2) is 44.2 Å². The minimum absolute atomic E-state index is 0.202. The summed E-state index contributed by atoms with van der Waals surface area (Å²) in [6, 6.07) is 6.86. The molecular weight excluding hydrogens is 347 g/mol. The lowest BCUT2D eigenvalue weighted by molar-refractivity contribution is 0.386. The van der Waals surface area contributed by atoms with Crippen LogP contribution < -0.4 is 10.4 Å². The summed E-state index contributed by atoms with van der Waals surface area (Å²) >= 11 is 0. The van der Waals surface area contributed by atoms with Crippen LogP contribution in [0.2, 0.25) is 0 Å². The molecule has 0 aliphatic heterocycles. The Morgan fingerprint density at radius 1 is 1.07 bits per heavy atom. The molecule has 0 radical (unpaired) electrons. The number of ether oxygens (including phenoxy) is 1. The van der Waals surface area contributed by atoms with E-state index in [9.17, 15) is 9.18 Å². The van der Waals surface area contributed by atoms with Crippen molar-refractivity contribution < 1.29 is 18.0 Å². The smallest absolute Gasteiger partial charge is 0.339 e. The molecule has 0 unspecified atom stereocenters. The number of halogens is 1. The van der Waals surface area contributed by atoms with Crippen LogP contribution in [0, 0.1) is 12.7 Å². The van der Waals surface area contributed by atoms with Crippen molar-refractivity contribution in [3.8, 4) is 16.9 Å². The fourth-order valence-corrected chi connectivity index (χ4v) is 4.15. The number of benzene rings is 2. The van der Waals surface area contributed by atoms with Crippen LogP contribution in [0.4, 0.5) is 4.39 Å². The summed E-state index contributed by atoms with van der Waals surface area (Å²) in [6.07, 6.45) is 4.20. The molecule has 4 nitrogen and oxygen atoms in total. The van der Waals surface area contributed by atoms with Gasteiger partial charge in [-0.25, -0.2) is 9.18 Å². The number of fused-ring (bicyclic) bond motifs is 4. The van der Waals surface area contributed by atoms with Crippen molar-refractivity contribution in [3.05, 3.63) is 63.5 Å². The van der Waals surface area contributed by atoms with Gasteiger partial charge in [-0.2, -0.15) is 0 Å². The van der Waals surface area contributed by atoms with Crippen molar-refractivity contribution in [2.24, 2.45) is 0 Å². The van der Waals surface area contributed by atoms with Crippen LogP contribution in [-0.4, -0.2) is 7.11 Å². The Labute approximate surface area is 154 Å². The minimum atomic E-state index is -0.422. The normalized spacial score (nSPS) is 13.4. The summed E-state index contributed by atoms with van der Waals surface area (Å²) in [5, 5.41) is 1.83. The third-order valence-electron chi connectivity index (χ3n) is 5.49. The largest absolute Gasteiger partial charge is 0.494 e. The van der Waals surface area contributed by atoms with Gasteiger partial charge < -0.3 is 13.6 Å². The molecule has 2 aromatic heterocycles. The molecular formula is C22H17FO4. The van der Waals surface area contributed by atoms with Gasteiger partial charge in [0.25, 0.3) is 0 Å². The van der Waals surface area contributed by atoms with Crippen molar-refractivity contribution >= 4 is 21.9 Å². The maximum Gasteiger partial charge on any atom is 0.339 e. The van der Waals surface area contributed by atoms with Gasteiger partial charge in [-0.3, -0.25) is 0 Å². The van der Waals surface area contributed by atoms with Gasteiger partial charge in [0.15, 0.2) is 11.6 Å². The lowest BCUT2D eigenvalue weighted by Gasteiger charge is -2.08. The van der Waals surface area contributed by atoms with Gasteiger partial charge in [0.1, 0.15) is 11.2 Å². The van der Waals surface area contributed by atoms with Gasteiger partial charge in [0, 0.05) is 27.5 Å². The number of methoxy groups -OCH3 is 1. The molecule has 1 aliphatic rings. The molecule has 27 heavy (non-hydrogen) atoms. The van der Waals surface area contributed by atoms with Crippen molar-refractivity contribution in [2.45, 2.75) is 26.2 Å². The average molecular weight is 364 g/mol. The fourth-order valence-electron chi connectivity index (χ4n) is 4.15. The number of furan rings is 1. The molecule has 1 aliphatic carbocycles. The molecule has 0 amide bonds.